The molecule has 2 aliphatic heterocycles. The molecule has 0 unspecified atom stereocenters. The van der Waals surface area contributed by atoms with Crippen LogP contribution in [0.1, 0.15) is 40.4 Å². The van der Waals surface area contributed by atoms with E-state index in [0.29, 0.717) is 38.3 Å². The van der Waals surface area contributed by atoms with Crippen molar-refractivity contribution in [3.05, 3.63) is 65.5 Å². The number of nitrogens with one attached hydrogen (secondary N) is 1. The Bertz CT molecular complexity index is 1190. The molecule has 2 aliphatic rings. The summed E-state index contributed by atoms with van der Waals surface area (Å²) >= 11 is 0. The molecule has 0 saturated carbocycles. The van der Waals surface area contributed by atoms with E-state index in [4.69, 9.17) is 14.7 Å². The third-order valence-electron chi connectivity index (χ3n) is 6.28. The first kappa shape index (κ1) is 21.3. The van der Waals surface area contributed by atoms with Crippen LogP contribution in [0.25, 0.3) is 11.0 Å². The number of carbonyl (C=O) groups excluding carboxylic acids is 2. The van der Waals surface area contributed by atoms with E-state index in [1.807, 2.05) is 23.1 Å². The number of aromatic nitrogens is 2. The monoisotopic (exact) mass is 448 g/mol. The molecule has 1 fully saturated rings. The van der Waals surface area contributed by atoms with E-state index in [9.17, 15) is 9.59 Å². The highest BCUT2D eigenvalue weighted by Crippen LogP contribution is 2.35. The van der Waals surface area contributed by atoms with Crippen molar-refractivity contribution in [3.63, 3.8) is 0 Å². The highest BCUT2D eigenvalue weighted by molar-refractivity contribution is 5.94. The van der Waals surface area contributed by atoms with Crippen molar-refractivity contribution in [1.29, 1.82) is 0 Å². The largest absolute Gasteiger partial charge is 0.491 e. The van der Waals surface area contributed by atoms with Crippen molar-refractivity contribution in [1.82, 2.24) is 20.3 Å². The van der Waals surface area contributed by atoms with E-state index >= 15 is 0 Å². The highest BCUT2D eigenvalue weighted by Gasteiger charge is 2.35. The summed E-state index contributed by atoms with van der Waals surface area (Å²) in [6, 6.07) is 10.4. The van der Waals surface area contributed by atoms with Crippen LogP contribution in [0, 0.1) is 5.92 Å². The van der Waals surface area contributed by atoms with Gasteiger partial charge in [-0.3, -0.25) is 24.8 Å². The lowest BCUT2D eigenvalue weighted by atomic mass is 9.96. The van der Waals surface area contributed by atoms with Crippen LogP contribution in [0.15, 0.2) is 48.8 Å². The predicted molar refractivity (Wildman–Crippen MR) is 118 cm³/mol. The fourth-order valence-electron chi connectivity index (χ4n) is 4.45. The molecule has 5 rings (SSSR count). The van der Waals surface area contributed by atoms with Crippen LogP contribution < -0.4 is 10.2 Å². The van der Waals surface area contributed by atoms with Crippen molar-refractivity contribution in [2.24, 2.45) is 5.92 Å². The Morgan fingerprint density at radius 2 is 1.82 bits per heavy atom. The summed E-state index contributed by atoms with van der Waals surface area (Å²) in [6.07, 6.45) is 4.67. The molecule has 9 nitrogen and oxygen atoms in total. The number of carbonyl (C=O) groups is 2. The Labute approximate surface area is 190 Å². The lowest BCUT2D eigenvalue weighted by molar-refractivity contribution is -0.142. The molecular weight excluding hydrogens is 424 g/mol. The lowest BCUT2D eigenvalue weighted by Gasteiger charge is -2.34. The minimum atomic E-state index is -0.620. The molecule has 2 aromatic carbocycles. The smallest absolute Gasteiger partial charge is 0.274 e. The maximum atomic E-state index is 13.7. The van der Waals surface area contributed by atoms with Crippen LogP contribution in [0.3, 0.4) is 0 Å². The molecular formula is C24H24N4O5. The van der Waals surface area contributed by atoms with Crippen LogP contribution in [-0.2, 0) is 16.1 Å². The second-order valence-electron chi connectivity index (χ2n) is 8.25. The van der Waals surface area contributed by atoms with E-state index < -0.39 is 5.91 Å². The van der Waals surface area contributed by atoms with Gasteiger partial charge in [0.15, 0.2) is 0 Å². The first-order chi connectivity index (χ1) is 16.1. The molecule has 3 aromatic rings. The Morgan fingerprint density at radius 3 is 2.61 bits per heavy atom. The van der Waals surface area contributed by atoms with E-state index in [-0.39, 0.29) is 30.0 Å². The van der Waals surface area contributed by atoms with Crippen LogP contribution in [0.4, 0.5) is 0 Å². The summed E-state index contributed by atoms with van der Waals surface area (Å²) in [5.74, 6) is -0.145. The quantitative estimate of drug-likeness (QED) is 0.468. The van der Waals surface area contributed by atoms with Gasteiger partial charge in [0.05, 0.1) is 23.6 Å². The SMILES string of the molecule is O=C(NO)c1ccc2c(c1)OC[C@@H](c1ccc3nccnc3c1)N(C(=O)C1CCOCC1)C2. The lowest BCUT2D eigenvalue weighted by Crippen LogP contribution is -2.41. The Kier molecular flexibility index (Phi) is 5.89. The van der Waals surface area contributed by atoms with Gasteiger partial charge in [-0.1, -0.05) is 12.1 Å². The zero-order chi connectivity index (χ0) is 22.8. The first-order valence-electron chi connectivity index (χ1n) is 10.9. The molecule has 2 amide bonds. The van der Waals surface area contributed by atoms with Gasteiger partial charge in [0, 0.05) is 42.7 Å². The van der Waals surface area contributed by atoms with Crippen molar-refractivity contribution < 1.29 is 24.3 Å². The topological polar surface area (TPSA) is 114 Å². The number of ether oxygens (including phenoxy) is 2. The number of hydroxylamine groups is 1. The molecule has 0 spiro atoms. The molecule has 1 atom stereocenters. The second-order valence-corrected chi connectivity index (χ2v) is 8.25. The van der Waals surface area contributed by atoms with Crippen LogP contribution >= 0.6 is 0 Å². The van der Waals surface area contributed by atoms with Crippen molar-refractivity contribution in [2.45, 2.75) is 25.4 Å². The average Bonchev–Trinajstić information content (AvgIpc) is 3.07. The normalized spacial score (nSPS) is 18.8. The van der Waals surface area contributed by atoms with E-state index in [2.05, 4.69) is 9.97 Å². The Balaban J connectivity index is 1.53. The van der Waals surface area contributed by atoms with E-state index in [0.717, 1.165) is 22.2 Å². The van der Waals surface area contributed by atoms with Gasteiger partial charge in [-0.15, -0.1) is 0 Å². The van der Waals surface area contributed by atoms with Crippen molar-refractivity contribution in [2.75, 3.05) is 19.8 Å². The van der Waals surface area contributed by atoms with Gasteiger partial charge < -0.3 is 14.4 Å². The average molecular weight is 448 g/mol. The number of benzene rings is 2. The summed E-state index contributed by atoms with van der Waals surface area (Å²) in [5, 5.41) is 8.97. The van der Waals surface area contributed by atoms with Gasteiger partial charge in [-0.2, -0.15) is 0 Å². The van der Waals surface area contributed by atoms with Crippen LogP contribution in [0.5, 0.6) is 5.75 Å². The molecule has 3 heterocycles. The zero-order valence-corrected chi connectivity index (χ0v) is 17.9. The Morgan fingerprint density at radius 1 is 1.03 bits per heavy atom. The Hall–Kier alpha value is -3.56. The number of nitrogens with zero attached hydrogens (tertiary/aromatic N) is 3. The van der Waals surface area contributed by atoms with Crippen molar-refractivity contribution >= 4 is 22.8 Å². The summed E-state index contributed by atoms with van der Waals surface area (Å²) in [4.78, 5) is 36.2. The van der Waals surface area contributed by atoms with Gasteiger partial charge in [-0.05, 0) is 42.7 Å². The molecule has 0 radical (unpaired) electrons. The van der Waals surface area contributed by atoms with Crippen LogP contribution in [-0.4, -0.2) is 51.7 Å². The van der Waals surface area contributed by atoms with E-state index in [1.54, 1.807) is 36.1 Å². The van der Waals surface area contributed by atoms with Gasteiger partial charge in [-0.25, -0.2) is 5.48 Å². The van der Waals surface area contributed by atoms with Gasteiger partial charge in [0.25, 0.3) is 5.91 Å². The second kappa shape index (κ2) is 9.13. The van der Waals surface area contributed by atoms with Gasteiger partial charge in [0.2, 0.25) is 5.91 Å². The molecule has 1 saturated heterocycles. The molecule has 0 bridgehead atoms. The first-order valence-corrected chi connectivity index (χ1v) is 10.9. The number of amides is 2. The number of fused-ring (bicyclic) bond motifs is 2. The minimum Gasteiger partial charge on any atom is -0.491 e. The number of hydrogen-bond donors (Lipinski definition) is 2. The zero-order valence-electron chi connectivity index (χ0n) is 17.9. The fourth-order valence-corrected chi connectivity index (χ4v) is 4.45. The minimum absolute atomic E-state index is 0.0659. The number of rotatable bonds is 3. The molecule has 33 heavy (non-hydrogen) atoms. The van der Waals surface area contributed by atoms with Gasteiger partial charge in [0.1, 0.15) is 12.4 Å². The predicted octanol–water partition coefficient (Wildman–Crippen LogP) is 2.64. The van der Waals surface area contributed by atoms with E-state index in [1.165, 1.54) is 0 Å². The van der Waals surface area contributed by atoms with Gasteiger partial charge >= 0.3 is 0 Å². The van der Waals surface area contributed by atoms with Crippen molar-refractivity contribution in [3.8, 4) is 5.75 Å². The number of hydrogen-bond acceptors (Lipinski definition) is 7. The molecule has 1 aromatic heterocycles. The molecule has 2 N–H and O–H groups in total. The summed E-state index contributed by atoms with van der Waals surface area (Å²) in [7, 11) is 0. The maximum Gasteiger partial charge on any atom is 0.274 e. The highest BCUT2D eigenvalue weighted by atomic mass is 16.5. The fraction of sp³-hybridized carbons (Fsp3) is 0.333. The third-order valence-corrected chi connectivity index (χ3v) is 6.28. The molecule has 9 heteroatoms. The summed E-state index contributed by atoms with van der Waals surface area (Å²) in [5.41, 5.74) is 5.15. The summed E-state index contributed by atoms with van der Waals surface area (Å²) in [6.45, 7) is 1.72. The standard InChI is InChI=1S/C24H24N4O5/c29-23(27-31)17-1-2-18-13-28(24(30)15-5-9-32-10-6-15)21(14-33-22(18)12-17)16-3-4-19-20(11-16)26-8-7-25-19/h1-4,7-8,11-12,15,21,31H,5-6,9-10,13-14H2,(H,27,29)/t21-/m0/s1. The third kappa shape index (κ3) is 4.24. The summed E-state index contributed by atoms with van der Waals surface area (Å²) < 4.78 is 11.6. The van der Waals surface area contributed by atoms with Crippen LogP contribution in [0.2, 0.25) is 0 Å². The molecule has 0 aliphatic carbocycles. The molecule has 170 valence electrons. The maximum absolute atomic E-state index is 13.7.